The zero-order valence-corrected chi connectivity index (χ0v) is 15.0. The van der Waals surface area contributed by atoms with E-state index in [4.69, 9.17) is 0 Å². The molecule has 0 spiro atoms. The predicted octanol–water partition coefficient (Wildman–Crippen LogP) is 0.558. The number of carbonyl (C=O) groups is 1. The molecule has 11 heteroatoms. The van der Waals surface area contributed by atoms with Crippen LogP contribution in [0.5, 0.6) is 0 Å². The average molecular weight is 381 g/mol. The largest absolute Gasteiger partial charge is 0.378 e. The SMILES string of the molecule is CNCCC(=O)NCCNc1ccc(S(C)(=O)=O)cc1[N+](=O)[O-].Cl. The second-order valence-corrected chi connectivity index (χ2v) is 6.85. The number of amides is 1. The fourth-order valence-corrected chi connectivity index (χ4v) is 2.41. The van der Waals surface area contributed by atoms with Crippen molar-refractivity contribution in [3.63, 3.8) is 0 Å². The second kappa shape index (κ2) is 10.1. The molecule has 0 atom stereocenters. The number of nitro benzene ring substituents is 1. The fraction of sp³-hybridized carbons (Fsp3) is 0.462. The van der Waals surface area contributed by atoms with Gasteiger partial charge in [0.15, 0.2) is 9.84 Å². The summed E-state index contributed by atoms with van der Waals surface area (Å²) < 4.78 is 22.9. The van der Waals surface area contributed by atoms with Gasteiger partial charge in [0.05, 0.1) is 9.82 Å². The number of sulfone groups is 1. The molecule has 0 radical (unpaired) electrons. The first-order valence-corrected chi connectivity index (χ1v) is 8.78. The van der Waals surface area contributed by atoms with Gasteiger partial charge in [-0.15, -0.1) is 12.4 Å². The molecular formula is C13H21ClN4O5S. The Labute approximate surface area is 146 Å². The lowest BCUT2D eigenvalue weighted by atomic mass is 10.2. The van der Waals surface area contributed by atoms with E-state index in [9.17, 15) is 23.3 Å². The van der Waals surface area contributed by atoms with Crippen LogP contribution in [0.15, 0.2) is 23.1 Å². The van der Waals surface area contributed by atoms with E-state index in [-0.39, 0.29) is 41.1 Å². The van der Waals surface area contributed by atoms with Crippen LogP contribution in [-0.4, -0.2) is 52.2 Å². The lowest BCUT2D eigenvalue weighted by molar-refractivity contribution is -0.384. The van der Waals surface area contributed by atoms with E-state index in [1.165, 1.54) is 12.1 Å². The van der Waals surface area contributed by atoms with Gasteiger partial charge in [-0.2, -0.15) is 0 Å². The molecule has 0 aliphatic carbocycles. The first kappa shape index (κ1) is 22.1. The van der Waals surface area contributed by atoms with E-state index in [0.717, 1.165) is 12.3 Å². The molecule has 1 amide bonds. The maximum absolute atomic E-state index is 11.4. The number of hydrogen-bond donors (Lipinski definition) is 3. The molecule has 9 nitrogen and oxygen atoms in total. The highest BCUT2D eigenvalue weighted by atomic mass is 35.5. The highest BCUT2D eigenvalue weighted by Crippen LogP contribution is 2.27. The van der Waals surface area contributed by atoms with Gasteiger partial charge < -0.3 is 16.0 Å². The number of halogens is 1. The van der Waals surface area contributed by atoms with Crippen LogP contribution >= 0.6 is 12.4 Å². The third kappa shape index (κ3) is 7.11. The summed E-state index contributed by atoms with van der Waals surface area (Å²) in [5.41, 5.74) is -0.124. The molecule has 0 fully saturated rings. The quantitative estimate of drug-likeness (QED) is 0.324. The summed E-state index contributed by atoms with van der Waals surface area (Å²) in [5.74, 6) is -0.122. The maximum atomic E-state index is 11.4. The van der Waals surface area contributed by atoms with E-state index in [1.54, 1.807) is 7.05 Å². The minimum atomic E-state index is -3.52. The van der Waals surface area contributed by atoms with Crippen LogP contribution in [0.25, 0.3) is 0 Å². The van der Waals surface area contributed by atoms with Gasteiger partial charge in [-0.25, -0.2) is 8.42 Å². The highest BCUT2D eigenvalue weighted by Gasteiger charge is 2.18. The van der Waals surface area contributed by atoms with Crippen molar-refractivity contribution < 1.29 is 18.1 Å². The first-order chi connectivity index (χ1) is 10.8. The standard InChI is InChI=1S/C13H20N4O5S.ClH/c1-14-6-5-13(18)16-8-7-15-11-4-3-10(23(2,21)22)9-12(11)17(19)20;/h3-4,9,14-15H,5-8H2,1-2H3,(H,16,18);1H. The topological polar surface area (TPSA) is 130 Å². The fourth-order valence-electron chi connectivity index (χ4n) is 1.77. The van der Waals surface area contributed by atoms with Crippen LogP contribution in [0.3, 0.4) is 0 Å². The van der Waals surface area contributed by atoms with Crippen LogP contribution in [0.1, 0.15) is 6.42 Å². The third-order valence-corrected chi connectivity index (χ3v) is 4.07. The minimum Gasteiger partial charge on any atom is -0.378 e. The van der Waals surface area contributed by atoms with E-state index < -0.39 is 14.8 Å². The summed E-state index contributed by atoms with van der Waals surface area (Å²) in [6.07, 6.45) is 1.33. The van der Waals surface area contributed by atoms with Crippen molar-refractivity contribution >= 4 is 39.5 Å². The maximum Gasteiger partial charge on any atom is 0.293 e. The molecule has 0 heterocycles. The van der Waals surface area contributed by atoms with Crippen molar-refractivity contribution in [1.29, 1.82) is 0 Å². The molecule has 1 aromatic rings. The number of nitrogens with zero attached hydrogens (tertiary/aromatic N) is 1. The van der Waals surface area contributed by atoms with Gasteiger partial charge >= 0.3 is 0 Å². The molecule has 1 aromatic carbocycles. The molecule has 0 bridgehead atoms. The Balaban J connectivity index is 0.00000529. The van der Waals surface area contributed by atoms with Crippen LogP contribution in [0, 0.1) is 10.1 Å². The molecule has 136 valence electrons. The number of nitrogens with one attached hydrogen (secondary N) is 3. The smallest absolute Gasteiger partial charge is 0.293 e. The van der Waals surface area contributed by atoms with Crippen molar-refractivity contribution in [2.75, 3.05) is 38.3 Å². The van der Waals surface area contributed by atoms with Crippen molar-refractivity contribution in [2.24, 2.45) is 0 Å². The van der Waals surface area contributed by atoms with Crippen LogP contribution in [0.4, 0.5) is 11.4 Å². The van der Waals surface area contributed by atoms with Crippen molar-refractivity contribution in [1.82, 2.24) is 10.6 Å². The summed E-state index contributed by atoms with van der Waals surface area (Å²) in [4.78, 5) is 21.7. The normalized spacial score (nSPS) is 10.6. The number of rotatable bonds is 9. The summed E-state index contributed by atoms with van der Waals surface area (Å²) in [6, 6.07) is 3.66. The van der Waals surface area contributed by atoms with Gasteiger partial charge in [0.2, 0.25) is 5.91 Å². The van der Waals surface area contributed by atoms with E-state index in [0.29, 0.717) is 19.5 Å². The van der Waals surface area contributed by atoms with E-state index in [2.05, 4.69) is 16.0 Å². The van der Waals surface area contributed by atoms with Crippen LogP contribution in [0.2, 0.25) is 0 Å². The Morgan fingerprint density at radius 2 is 1.92 bits per heavy atom. The van der Waals surface area contributed by atoms with Gasteiger partial charge in [0.1, 0.15) is 5.69 Å². The van der Waals surface area contributed by atoms with Gasteiger partial charge in [-0.3, -0.25) is 14.9 Å². The van der Waals surface area contributed by atoms with E-state index in [1.807, 2.05) is 0 Å². The zero-order valence-electron chi connectivity index (χ0n) is 13.4. The number of benzene rings is 1. The van der Waals surface area contributed by atoms with Crippen LogP contribution in [-0.2, 0) is 14.6 Å². The molecular weight excluding hydrogens is 360 g/mol. The number of anilines is 1. The van der Waals surface area contributed by atoms with Gasteiger partial charge in [0, 0.05) is 38.4 Å². The molecule has 0 aromatic heterocycles. The summed E-state index contributed by atoms with van der Waals surface area (Å²) in [6.45, 7) is 1.15. The molecule has 0 unspecified atom stereocenters. The minimum absolute atomic E-state index is 0. The molecule has 0 saturated carbocycles. The van der Waals surface area contributed by atoms with E-state index >= 15 is 0 Å². The van der Waals surface area contributed by atoms with Crippen molar-refractivity contribution in [3.8, 4) is 0 Å². The Morgan fingerprint density at radius 3 is 2.46 bits per heavy atom. The van der Waals surface area contributed by atoms with Crippen molar-refractivity contribution in [2.45, 2.75) is 11.3 Å². The van der Waals surface area contributed by atoms with Gasteiger partial charge in [-0.1, -0.05) is 0 Å². The molecule has 3 N–H and O–H groups in total. The lowest BCUT2D eigenvalue weighted by Crippen LogP contribution is -2.30. The van der Waals surface area contributed by atoms with Gasteiger partial charge in [0.25, 0.3) is 5.69 Å². The van der Waals surface area contributed by atoms with Crippen LogP contribution < -0.4 is 16.0 Å². The molecule has 1 rings (SSSR count). The monoisotopic (exact) mass is 380 g/mol. The Bertz CT molecular complexity index is 681. The van der Waals surface area contributed by atoms with Gasteiger partial charge in [-0.05, 0) is 19.2 Å². The molecule has 24 heavy (non-hydrogen) atoms. The number of hydrogen-bond acceptors (Lipinski definition) is 7. The predicted molar refractivity (Wildman–Crippen MR) is 93.5 cm³/mol. The third-order valence-electron chi connectivity index (χ3n) is 2.96. The Kier molecular flexibility index (Phi) is 9.26. The summed E-state index contributed by atoms with van der Waals surface area (Å²) in [5, 5.41) is 19.4. The molecule has 0 saturated heterocycles. The summed E-state index contributed by atoms with van der Waals surface area (Å²) >= 11 is 0. The molecule has 0 aliphatic heterocycles. The number of carbonyl (C=O) groups excluding carboxylic acids is 1. The highest BCUT2D eigenvalue weighted by molar-refractivity contribution is 7.90. The summed E-state index contributed by atoms with van der Waals surface area (Å²) in [7, 11) is -1.77. The Morgan fingerprint density at radius 1 is 1.25 bits per heavy atom. The average Bonchev–Trinajstić information content (AvgIpc) is 2.48. The molecule has 0 aliphatic rings. The zero-order chi connectivity index (χ0) is 17.5. The lowest BCUT2D eigenvalue weighted by Gasteiger charge is -2.09. The van der Waals surface area contributed by atoms with Crippen molar-refractivity contribution in [3.05, 3.63) is 28.3 Å². The second-order valence-electron chi connectivity index (χ2n) is 4.84. The first-order valence-electron chi connectivity index (χ1n) is 6.89. The Hall–Kier alpha value is -1.91. The number of nitro groups is 1.